The lowest BCUT2D eigenvalue weighted by molar-refractivity contribution is -0.128. The molecular formula is C18H28N2O2S2. The Morgan fingerprint density at radius 3 is 2.38 bits per heavy atom. The van der Waals surface area contributed by atoms with Gasteiger partial charge in [0.05, 0.1) is 5.25 Å². The number of carbonyl (C=O) groups excluding carboxylic acids is 2. The summed E-state index contributed by atoms with van der Waals surface area (Å²) in [5.41, 5.74) is 1.02. The molecule has 0 bridgehead atoms. The van der Waals surface area contributed by atoms with E-state index in [-0.39, 0.29) is 17.1 Å². The maximum absolute atomic E-state index is 12.7. The zero-order valence-corrected chi connectivity index (χ0v) is 16.3. The zero-order chi connectivity index (χ0) is 17.9. The van der Waals surface area contributed by atoms with Crippen molar-refractivity contribution in [3.8, 4) is 0 Å². The van der Waals surface area contributed by atoms with Crippen molar-refractivity contribution in [3.63, 3.8) is 0 Å². The molecule has 0 aliphatic heterocycles. The molecule has 1 rings (SSSR count). The van der Waals surface area contributed by atoms with Gasteiger partial charge in [-0.15, -0.1) is 11.8 Å². The monoisotopic (exact) mass is 368 g/mol. The summed E-state index contributed by atoms with van der Waals surface area (Å²) in [6, 6.07) is 9.16. The molecule has 0 aromatic heterocycles. The molecule has 4 nitrogen and oxygen atoms in total. The number of thiol groups is 1. The normalized spacial score (nSPS) is 13.4. The van der Waals surface area contributed by atoms with Crippen molar-refractivity contribution in [1.82, 2.24) is 10.6 Å². The van der Waals surface area contributed by atoms with Gasteiger partial charge in [0.1, 0.15) is 6.04 Å². The second-order valence-corrected chi connectivity index (χ2v) is 7.84. The van der Waals surface area contributed by atoms with Gasteiger partial charge in [-0.25, -0.2) is 0 Å². The Kier molecular flexibility index (Phi) is 9.95. The summed E-state index contributed by atoms with van der Waals surface area (Å²) in [4.78, 5) is 24.8. The number of nitrogens with one attached hydrogen (secondary N) is 2. The van der Waals surface area contributed by atoms with Crippen LogP contribution in [0, 0.1) is 5.92 Å². The number of thioether (sulfide) groups is 1. The van der Waals surface area contributed by atoms with E-state index in [0.29, 0.717) is 12.3 Å². The van der Waals surface area contributed by atoms with Crippen LogP contribution in [-0.2, 0) is 16.0 Å². The predicted octanol–water partition coefficient (Wildman–Crippen LogP) is 2.54. The smallest absolute Gasteiger partial charge is 0.242 e. The Hall–Kier alpha value is -1.14. The van der Waals surface area contributed by atoms with Gasteiger partial charge in [0.2, 0.25) is 11.8 Å². The molecule has 1 unspecified atom stereocenters. The van der Waals surface area contributed by atoms with Crippen LogP contribution in [0.2, 0.25) is 0 Å². The maximum Gasteiger partial charge on any atom is 0.242 e. The third-order valence-electron chi connectivity index (χ3n) is 3.55. The first-order valence-corrected chi connectivity index (χ1v) is 9.94. The summed E-state index contributed by atoms with van der Waals surface area (Å²) in [6.45, 7) is 4.20. The molecular weight excluding hydrogens is 340 g/mol. The Morgan fingerprint density at radius 2 is 1.83 bits per heavy atom. The first-order valence-electron chi connectivity index (χ1n) is 8.26. The van der Waals surface area contributed by atoms with Crippen molar-refractivity contribution in [1.29, 1.82) is 0 Å². The number of hydrogen-bond acceptors (Lipinski definition) is 4. The Bertz CT molecular complexity index is 509. The molecule has 1 aromatic rings. The molecule has 0 spiro atoms. The van der Waals surface area contributed by atoms with Crippen LogP contribution in [0.5, 0.6) is 0 Å². The third kappa shape index (κ3) is 7.62. The third-order valence-corrected chi connectivity index (χ3v) is 5.33. The van der Waals surface area contributed by atoms with Crippen LogP contribution >= 0.6 is 24.4 Å². The standard InChI is InChI=1S/C18H28N2O2S2/c1-13(2)11-16(24-10-9-23)18(22)20-15(17(21)19-3)12-14-7-5-4-6-8-14/h4-8,13,15-16,23H,9-12H2,1-3H3,(H,19,21)(H,20,22)/t15?,16-/m0/s1. The van der Waals surface area contributed by atoms with Gasteiger partial charge in [0.15, 0.2) is 0 Å². The Labute approximate surface area is 155 Å². The number of amides is 2. The topological polar surface area (TPSA) is 58.2 Å². The van der Waals surface area contributed by atoms with Crippen molar-refractivity contribution >= 4 is 36.2 Å². The van der Waals surface area contributed by atoms with Crippen LogP contribution in [0.15, 0.2) is 30.3 Å². The summed E-state index contributed by atoms with van der Waals surface area (Å²) in [5, 5.41) is 5.42. The van der Waals surface area contributed by atoms with Crippen molar-refractivity contribution < 1.29 is 9.59 Å². The van der Waals surface area contributed by atoms with E-state index in [1.165, 1.54) is 0 Å². The highest BCUT2D eigenvalue weighted by Crippen LogP contribution is 2.20. The van der Waals surface area contributed by atoms with Crippen LogP contribution in [0.1, 0.15) is 25.8 Å². The van der Waals surface area contributed by atoms with Crippen molar-refractivity contribution in [3.05, 3.63) is 35.9 Å². The minimum absolute atomic E-state index is 0.0694. The summed E-state index contributed by atoms with van der Waals surface area (Å²) in [7, 11) is 1.59. The molecule has 6 heteroatoms. The molecule has 2 amide bonds. The summed E-state index contributed by atoms with van der Waals surface area (Å²) >= 11 is 5.83. The fourth-order valence-electron chi connectivity index (χ4n) is 2.37. The van der Waals surface area contributed by atoms with Gasteiger partial charge in [-0.3, -0.25) is 9.59 Å². The van der Waals surface area contributed by atoms with Gasteiger partial charge in [0.25, 0.3) is 0 Å². The van der Waals surface area contributed by atoms with Crippen molar-refractivity contribution in [2.45, 2.75) is 38.0 Å². The molecule has 0 saturated heterocycles. The minimum atomic E-state index is -0.559. The predicted molar refractivity (Wildman–Crippen MR) is 106 cm³/mol. The second-order valence-electron chi connectivity index (χ2n) is 6.08. The number of hydrogen-bond donors (Lipinski definition) is 3. The highest BCUT2D eigenvalue weighted by Gasteiger charge is 2.26. The molecule has 0 saturated carbocycles. The average Bonchev–Trinajstić information content (AvgIpc) is 2.57. The summed E-state index contributed by atoms with van der Waals surface area (Å²) in [6.07, 6.45) is 1.27. The molecule has 2 atom stereocenters. The fourth-order valence-corrected chi connectivity index (χ4v) is 3.82. The molecule has 0 fully saturated rings. The van der Waals surface area contributed by atoms with E-state index in [4.69, 9.17) is 0 Å². The van der Waals surface area contributed by atoms with E-state index in [1.807, 2.05) is 30.3 Å². The largest absolute Gasteiger partial charge is 0.357 e. The lowest BCUT2D eigenvalue weighted by Crippen LogP contribution is -2.49. The lowest BCUT2D eigenvalue weighted by atomic mass is 10.0. The first kappa shape index (κ1) is 20.9. The second kappa shape index (κ2) is 11.4. The van der Waals surface area contributed by atoms with E-state index >= 15 is 0 Å². The molecule has 0 aliphatic carbocycles. The van der Waals surface area contributed by atoms with Crippen LogP contribution in [0.3, 0.4) is 0 Å². The van der Waals surface area contributed by atoms with Crippen LogP contribution in [0.4, 0.5) is 0 Å². The molecule has 1 aromatic carbocycles. The molecule has 0 aliphatic rings. The molecule has 134 valence electrons. The minimum Gasteiger partial charge on any atom is -0.357 e. The van der Waals surface area contributed by atoms with Crippen molar-refractivity contribution in [2.24, 2.45) is 5.92 Å². The number of rotatable bonds is 10. The van der Waals surface area contributed by atoms with E-state index < -0.39 is 6.04 Å². The Balaban J connectivity index is 2.78. The summed E-state index contributed by atoms with van der Waals surface area (Å²) < 4.78 is 0. The average molecular weight is 369 g/mol. The van der Waals surface area contributed by atoms with Gasteiger partial charge in [-0.2, -0.15) is 12.6 Å². The Morgan fingerprint density at radius 1 is 1.17 bits per heavy atom. The quantitative estimate of drug-likeness (QED) is 0.556. The SMILES string of the molecule is CNC(=O)C(Cc1ccccc1)NC(=O)[C@H](CC(C)C)SCCS. The van der Waals surface area contributed by atoms with E-state index in [0.717, 1.165) is 23.5 Å². The van der Waals surface area contributed by atoms with Crippen LogP contribution < -0.4 is 10.6 Å². The zero-order valence-electron chi connectivity index (χ0n) is 14.6. The number of benzene rings is 1. The van der Waals surface area contributed by atoms with Gasteiger partial charge >= 0.3 is 0 Å². The van der Waals surface area contributed by atoms with Gasteiger partial charge in [-0.1, -0.05) is 44.2 Å². The van der Waals surface area contributed by atoms with Crippen LogP contribution in [-0.4, -0.2) is 41.7 Å². The van der Waals surface area contributed by atoms with E-state index in [1.54, 1.807) is 18.8 Å². The van der Waals surface area contributed by atoms with E-state index in [9.17, 15) is 9.59 Å². The molecule has 0 radical (unpaired) electrons. The molecule has 0 heterocycles. The highest BCUT2D eigenvalue weighted by molar-refractivity contribution is 8.01. The number of likely N-dealkylation sites (N-methyl/N-ethyl adjacent to an activating group) is 1. The highest BCUT2D eigenvalue weighted by atomic mass is 32.2. The molecule has 24 heavy (non-hydrogen) atoms. The molecule has 2 N–H and O–H groups in total. The summed E-state index contributed by atoms with van der Waals surface area (Å²) in [5.74, 6) is 1.72. The van der Waals surface area contributed by atoms with Gasteiger partial charge in [-0.05, 0) is 23.7 Å². The lowest BCUT2D eigenvalue weighted by Gasteiger charge is -2.22. The van der Waals surface area contributed by atoms with Gasteiger partial charge < -0.3 is 10.6 Å². The first-order chi connectivity index (χ1) is 11.5. The fraction of sp³-hybridized carbons (Fsp3) is 0.556. The number of carbonyl (C=O) groups is 2. The van der Waals surface area contributed by atoms with Gasteiger partial charge in [0, 0.05) is 19.2 Å². The van der Waals surface area contributed by atoms with Crippen LogP contribution in [0.25, 0.3) is 0 Å². The maximum atomic E-state index is 12.7. The van der Waals surface area contributed by atoms with Crippen molar-refractivity contribution in [2.75, 3.05) is 18.6 Å². The van der Waals surface area contributed by atoms with E-state index in [2.05, 4.69) is 37.1 Å².